The van der Waals surface area contributed by atoms with Gasteiger partial charge in [-0.25, -0.2) is 4.39 Å². The molecule has 0 saturated carbocycles. The number of carboxylic acids is 1. The zero-order chi connectivity index (χ0) is 16.7. The van der Waals surface area contributed by atoms with Crippen molar-refractivity contribution in [3.63, 3.8) is 0 Å². The summed E-state index contributed by atoms with van der Waals surface area (Å²) in [7, 11) is 0. The van der Waals surface area contributed by atoms with Gasteiger partial charge in [-0.05, 0) is 23.8 Å². The van der Waals surface area contributed by atoms with E-state index in [0.717, 1.165) is 5.56 Å². The second-order valence-corrected chi connectivity index (χ2v) is 4.87. The van der Waals surface area contributed by atoms with Crippen LogP contribution in [0.2, 0.25) is 0 Å². The number of carbonyl (C=O) groups excluding carboxylic acids is 1. The van der Waals surface area contributed by atoms with Crippen LogP contribution >= 0.6 is 0 Å². The largest absolute Gasteiger partial charge is 0.480 e. The molecule has 7 heteroatoms. The van der Waals surface area contributed by atoms with Crippen molar-refractivity contribution in [3.05, 3.63) is 60.2 Å². The Labute approximate surface area is 132 Å². The van der Waals surface area contributed by atoms with E-state index in [0.29, 0.717) is 0 Å². The van der Waals surface area contributed by atoms with Crippen molar-refractivity contribution in [2.24, 2.45) is 0 Å². The van der Waals surface area contributed by atoms with Crippen LogP contribution in [-0.4, -0.2) is 28.0 Å². The van der Waals surface area contributed by atoms with Crippen molar-refractivity contribution in [1.82, 2.24) is 10.3 Å². The number of halogens is 1. The second kappa shape index (κ2) is 8.00. The molecule has 0 aliphatic rings. The molecule has 0 spiro atoms. The number of hydrogen-bond donors (Lipinski definition) is 3. The summed E-state index contributed by atoms with van der Waals surface area (Å²) in [5, 5.41) is 14.3. The number of benzene rings is 1. The summed E-state index contributed by atoms with van der Waals surface area (Å²) in [6.07, 6.45) is 2.90. The van der Waals surface area contributed by atoms with Crippen LogP contribution in [0.4, 0.5) is 10.1 Å². The van der Waals surface area contributed by atoms with E-state index in [-0.39, 0.29) is 18.7 Å². The molecule has 0 unspecified atom stereocenters. The molecular weight excluding hydrogens is 301 g/mol. The minimum Gasteiger partial charge on any atom is -0.480 e. The molecule has 120 valence electrons. The standard InChI is InChI=1S/C16H16FN3O3/c17-12-5-1-2-6-13(12)20-15(21)8-14(16(22)23)19-10-11-4-3-7-18-9-11/h1-7,9,14,19H,8,10H2,(H,20,21)(H,22,23)/t14-/m0/s1. The second-order valence-electron chi connectivity index (χ2n) is 4.87. The van der Waals surface area contributed by atoms with E-state index in [1.165, 1.54) is 18.2 Å². The summed E-state index contributed by atoms with van der Waals surface area (Å²) < 4.78 is 13.5. The van der Waals surface area contributed by atoms with Crippen molar-refractivity contribution in [1.29, 1.82) is 0 Å². The summed E-state index contributed by atoms with van der Waals surface area (Å²) in [6, 6.07) is 8.14. The number of rotatable bonds is 7. The van der Waals surface area contributed by atoms with Gasteiger partial charge < -0.3 is 10.4 Å². The fourth-order valence-electron chi connectivity index (χ4n) is 1.94. The lowest BCUT2D eigenvalue weighted by atomic mass is 10.1. The zero-order valence-corrected chi connectivity index (χ0v) is 12.2. The lowest BCUT2D eigenvalue weighted by Gasteiger charge is -2.14. The fourth-order valence-corrected chi connectivity index (χ4v) is 1.94. The van der Waals surface area contributed by atoms with E-state index in [1.807, 2.05) is 0 Å². The third-order valence-corrected chi connectivity index (χ3v) is 3.11. The number of pyridine rings is 1. The lowest BCUT2D eigenvalue weighted by molar-refractivity contribution is -0.141. The molecule has 1 heterocycles. The molecule has 0 saturated heterocycles. The molecule has 23 heavy (non-hydrogen) atoms. The van der Waals surface area contributed by atoms with Gasteiger partial charge in [0.25, 0.3) is 0 Å². The summed E-state index contributed by atoms with van der Waals surface area (Å²) >= 11 is 0. The maximum Gasteiger partial charge on any atom is 0.321 e. The Morgan fingerprint density at radius 1 is 1.22 bits per heavy atom. The summed E-state index contributed by atoms with van der Waals surface area (Å²) in [6.45, 7) is 0.262. The first-order chi connectivity index (χ1) is 11.1. The Bertz CT molecular complexity index is 679. The number of anilines is 1. The third kappa shape index (κ3) is 5.15. The Hall–Kier alpha value is -2.80. The molecule has 1 aromatic carbocycles. The predicted molar refractivity (Wildman–Crippen MR) is 82.1 cm³/mol. The predicted octanol–water partition coefficient (Wildman–Crippen LogP) is 1.79. The molecule has 0 radical (unpaired) electrons. The van der Waals surface area contributed by atoms with Gasteiger partial charge >= 0.3 is 5.97 Å². The van der Waals surface area contributed by atoms with Crippen LogP contribution in [0.5, 0.6) is 0 Å². The third-order valence-electron chi connectivity index (χ3n) is 3.11. The Morgan fingerprint density at radius 3 is 2.65 bits per heavy atom. The molecule has 0 fully saturated rings. The normalized spacial score (nSPS) is 11.7. The molecule has 0 aliphatic heterocycles. The summed E-state index contributed by atoms with van der Waals surface area (Å²) in [5.41, 5.74) is 0.821. The van der Waals surface area contributed by atoms with Crippen LogP contribution in [0.3, 0.4) is 0 Å². The minimum atomic E-state index is -1.16. The van der Waals surface area contributed by atoms with Gasteiger partial charge in [0.1, 0.15) is 11.9 Å². The molecule has 1 amide bonds. The Balaban J connectivity index is 1.92. The van der Waals surface area contributed by atoms with E-state index in [2.05, 4.69) is 15.6 Å². The number of para-hydroxylation sites is 1. The smallest absolute Gasteiger partial charge is 0.321 e. The highest BCUT2D eigenvalue weighted by molar-refractivity contribution is 5.94. The molecular formula is C16H16FN3O3. The average Bonchev–Trinajstić information content (AvgIpc) is 2.54. The Kier molecular flexibility index (Phi) is 5.76. The summed E-state index contributed by atoms with van der Waals surface area (Å²) in [4.78, 5) is 27.1. The van der Waals surface area contributed by atoms with Crippen LogP contribution < -0.4 is 10.6 Å². The maximum absolute atomic E-state index is 13.5. The van der Waals surface area contributed by atoms with Crippen molar-refractivity contribution >= 4 is 17.6 Å². The lowest BCUT2D eigenvalue weighted by Crippen LogP contribution is -2.39. The Morgan fingerprint density at radius 2 is 2.00 bits per heavy atom. The van der Waals surface area contributed by atoms with E-state index in [9.17, 15) is 19.1 Å². The molecule has 0 bridgehead atoms. The molecule has 2 aromatic rings. The highest BCUT2D eigenvalue weighted by Gasteiger charge is 2.21. The highest BCUT2D eigenvalue weighted by atomic mass is 19.1. The van der Waals surface area contributed by atoms with Gasteiger partial charge in [0.15, 0.2) is 0 Å². The SMILES string of the molecule is O=C(C[C@H](NCc1cccnc1)C(=O)O)Nc1ccccc1F. The van der Waals surface area contributed by atoms with Crippen molar-refractivity contribution in [2.45, 2.75) is 19.0 Å². The van der Waals surface area contributed by atoms with Gasteiger partial charge in [0.05, 0.1) is 12.1 Å². The molecule has 6 nitrogen and oxygen atoms in total. The average molecular weight is 317 g/mol. The van der Waals surface area contributed by atoms with Crippen LogP contribution in [0.15, 0.2) is 48.8 Å². The number of aromatic nitrogens is 1. The molecule has 2 rings (SSSR count). The number of nitrogens with zero attached hydrogens (tertiary/aromatic N) is 1. The van der Waals surface area contributed by atoms with Crippen molar-refractivity contribution in [3.8, 4) is 0 Å². The zero-order valence-electron chi connectivity index (χ0n) is 12.2. The van der Waals surface area contributed by atoms with Crippen molar-refractivity contribution < 1.29 is 19.1 Å². The number of hydrogen-bond acceptors (Lipinski definition) is 4. The number of nitrogens with one attached hydrogen (secondary N) is 2. The minimum absolute atomic E-state index is 0.0221. The first-order valence-electron chi connectivity index (χ1n) is 6.95. The fraction of sp³-hybridized carbons (Fsp3) is 0.188. The van der Waals surface area contributed by atoms with E-state index in [4.69, 9.17) is 0 Å². The number of amides is 1. The quantitative estimate of drug-likeness (QED) is 0.724. The van der Waals surface area contributed by atoms with Gasteiger partial charge in [0.2, 0.25) is 5.91 Å². The first kappa shape index (κ1) is 16.6. The molecule has 0 aliphatic carbocycles. The summed E-state index contributed by atoms with van der Waals surface area (Å²) in [5.74, 6) is -2.31. The highest BCUT2D eigenvalue weighted by Crippen LogP contribution is 2.13. The van der Waals surface area contributed by atoms with Gasteiger partial charge in [-0.1, -0.05) is 18.2 Å². The van der Waals surface area contributed by atoms with Gasteiger partial charge in [-0.2, -0.15) is 0 Å². The first-order valence-corrected chi connectivity index (χ1v) is 6.95. The van der Waals surface area contributed by atoms with Gasteiger partial charge in [-0.15, -0.1) is 0 Å². The van der Waals surface area contributed by atoms with E-state index in [1.54, 1.807) is 30.6 Å². The molecule has 1 aromatic heterocycles. The number of aliphatic carboxylic acids is 1. The van der Waals surface area contributed by atoms with Gasteiger partial charge in [0, 0.05) is 18.9 Å². The van der Waals surface area contributed by atoms with Crippen LogP contribution in [0.25, 0.3) is 0 Å². The molecule has 3 N–H and O–H groups in total. The van der Waals surface area contributed by atoms with Crippen LogP contribution in [0, 0.1) is 5.82 Å². The maximum atomic E-state index is 13.5. The van der Waals surface area contributed by atoms with Crippen LogP contribution in [0.1, 0.15) is 12.0 Å². The topological polar surface area (TPSA) is 91.3 Å². The van der Waals surface area contributed by atoms with Crippen molar-refractivity contribution in [2.75, 3.05) is 5.32 Å². The monoisotopic (exact) mass is 317 g/mol. The number of carbonyl (C=O) groups is 2. The van der Waals surface area contributed by atoms with E-state index < -0.39 is 23.7 Å². The molecule has 1 atom stereocenters. The van der Waals surface area contributed by atoms with Gasteiger partial charge in [-0.3, -0.25) is 19.9 Å². The van der Waals surface area contributed by atoms with Crippen LogP contribution in [-0.2, 0) is 16.1 Å². The van der Waals surface area contributed by atoms with E-state index >= 15 is 0 Å². The number of carboxylic acid groups (broad SMARTS) is 1.